The fourth-order valence-electron chi connectivity index (χ4n) is 3.15. The summed E-state index contributed by atoms with van der Waals surface area (Å²) in [4.78, 5) is 7.43. The van der Waals surface area contributed by atoms with E-state index in [1.54, 1.807) is 0 Å². The second-order valence-corrected chi connectivity index (χ2v) is 6.43. The van der Waals surface area contributed by atoms with Crippen molar-refractivity contribution < 1.29 is 0 Å². The zero-order valence-corrected chi connectivity index (χ0v) is 13.4. The number of hydrogen-bond acceptors (Lipinski definition) is 3. The van der Waals surface area contributed by atoms with Crippen LogP contribution in [0.2, 0.25) is 0 Å². The van der Waals surface area contributed by atoms with Gasteiger partial charge in [-0.05, 0) is 44.4 Å². The monoisotopic (exact) mass is 275 g/mol. The summed E-state index contributed by atoms with van der Waals surface area (Å²) in [7, 11) is 1.98. The summed E-state index contributed by atoms with van der Waals surface area (Å²) in [5, 5.41) is 3.21. The minimum Gasteiger partial charge on any atom is -0.353 e. The molecule has 1 N–H and O–H groups in total. The van der Waals surface area contributed by atoms with Gasteiger partial charge in [-0.1, -0.05) is 32.8 Å². The molecule has 1 aromatic rings. The van der Waals surface area contributed by atoms with Crippen LogP contribution in [-0.4, -0.2) is 24.6 Å². The second kappa shape index (κ2) is 7.07. The number of aromatic nitrogens is 1. The molecule has 0 radical (unpaired) electrons. The van der Waals surface area contributed by atoms with Crippen molar-refractivity contribution in [3.8, 4) is 0 Å². The van der Waals surface area contributed by atoms with Gasteiger partial charge in [-0.25, -0.2) is 4.98 Å². The van der Waals surface area contributed by atoms with E-state index in [0.29, 0.717) is 12.0 Å². The fourth-order valence-corrected chi connectivity index (χ4v) is 3.15. The molecule has 1 fully saturated rings. The Balaban J connectivity index is 2.21. The SMILES string of the molecule is CNCc1ccc(N(CC(C)C)C2CCCC2)nc1C. The third-order valence-corrected chi connectivity index (χ3v) is 4.17. The summed E-state index contributed by atoms with van der Waals surface area (Å²) in [5.41, 5.74) is 2.45. The van der Waals surface area contributed by atoms with Crippen molar-refractivity contribution in [1.29, 1.82) is 0 Å². The summed E-state index contributed by atoms with van der Waals surface area (Å²) < 4.78 is 0. The highest BCUT2D eigenvalue weighted by atomic mass is 15.2. The van der Waals surface area contributed by atoms with Gasteiger partial charge < -0.3 is 10.2 Å². The molecule has 0 saturated heterocycles. The Morgan fingerprint density at radius 3 is 2.55 bits per heavy atom. The molecule has 20 heavy (non-hydrogen) atoms. The van der Waals surface area contributed by atoms with Gasteiger partial charge in [-0.2, -0.15) is 0 Å². The van der Waals surface area contributed by atoms with Crippen LogP contribution in [0.15, 0.2) is 12.1 Å². The third kappa shape index (κ3) is 3.72. The molecule has 1 heterocycles. The van der Waals surface area contributed by atoms with Crippen molar-refractivity contribution in [3.05, 3.63) is 23.4 Å². The Labute approximate surface area is 123 Å². The zero-order chi connectivity index (χ0) is 14.5. The van der Waals surface area contributed by atoms with E-state index in [1.807, 2.05) is 7.05 Å². The van der Waals surface area contributed by atoms with Crippen LogP contribution < -0.4 is 10.2 Å². The smallest absolute Gasteiger partial charge is 0.129 e. The summed E-state index contributed by atoms with van der Waals surface area (Å²) in [6, 6.07) is 5.14. The van der Waals surface area contributed by atoms with Crippen LogP contribution in [-0.2, 0) is 6.54 Å². The van der Waals surface area contributed by atoms with Crippen LogP contribution in [0.25, 0.3) is 0 Å². The van der Waals surface area contributed by atoms with Gasteiger partial charge in [0, 0.05) is 24.8 Å². The normalized spacial score (nSPS) is 16.1. The molecule has 112 valence electrons. The van der Waals surface area contributed by atoms with Crippen molar-refractivity contribution in [3.63, 3.8) is 0 Å². The molecule has 0 atom stereocenters. The molecule has 2 rings (SSSR count). The maximum atomic E-state index is 4.88. The first-order chi connectivity index (χ1) is 9.61. The van der Waals surface area contributed by atoms with Crippen molar-refractivity contribution in [2.45, 2.75) is 59.0 Å². The van der Waals surface area contributed by atoms with E-state index in [-0.39, 0.29) is 0 Å². The lowest BCUT2D eigenvalue weighted by Gasteiger charge is -2.32. The van der Waals surface area contributed by atoms with Crippen molar-refractivity contribution in [2.75, 3.05) is 18.5 Å². The van der Waals surface area contributed by atoms with Gasteiger partial charge in [-0.15, -0.1) is 0 Å². The lowest BCUT2D eigenvalue weighted by molar-refractivity contribution is 0.530. The minimum atomic E-state index is 0.676. The van der Waals surface area contributed by atoms with Crippen LogP contribution in [0.4, 0.5) is 5.82 Å². The Hall–Kier alpha value is -1.09. The summed E-state index contributed by atoms with van der Waals surface area (Å²) >= 11 is 0. The highest BCUT2D eigenvalue weighted by molar-refractivity contribution is 5.43. The molecule has 0 aromatic carbocycles. The molecule has 1 aliphatic carbocycles. The Morgan fingerprint density at radius 2 is 2.00 bits per heavy atom. The van der Waals surface area contributed by atoms with E-state index in [2.05, 4.69) is 43.1 Å². The number of nitrogens with one attached hydrogen (secondary N) is 1. The van der Waals surface area contributed by atoms with Gasteiger partial charge >= 0.3 is 0 Å². The molecule has 0 spiro atoms. The lowest BCUT2D eigenvalue weighted by atomic mass is 10.1. The summed E-state index contributed by atoms with van der Waals surface area (Å²) in [5.74, 6) is 1.85. The van der Waals surface area contributed by atoms with E-state index >= 15 is 0 Å². The summed E-state index contributed by atoms with van der Waals surface area (Å²) in [6.45, 7) is 8.72. The predicted molar refractivity (Wildman–Crippen MR) is 86.2 cm³/mol. The standard InChI is InChI=1S/C17H29N3/c1-13(2)12-20(16-7-5-6-8-16)17-10-9-15(11-18-4)14(3)19-17/h9-10,13,16,18H,5-8,11-12H2,1-4H3. The first-order valence-corrected chi connectivity index (χ1v) is 7.99. The largest absolute Gasteiger partial charge is 0.353 e. The quantitative estimate of drug-likeness (QED) is 0.861. The van der Waals surface area contributed by atoms with Gasteiger partial charge in [0.1, 0.15) is 5.82 Å². The number of nitrogens with zero attached hydrogens (tertiary/aromatic N) is 2. The van der Waals surface area contributed by atoms with Crippen LogP contribution in [0.3, 0.4) is 0 Å². The molecule has 0 amide bonds. The Morgan fingerprint density at radius 1 is 1.30 bits per heavy atom. The molecular weight excluding hydrogens is 246 g/mol. The Bertz CT molecular complexity index is 422. The zero-order valence-electron chi connectivity index (χ0n) is 13.4. The molecule has 3 heteroatoms. The van der Waals surface area contributed by atoms with Crippen molar-refractivity contribution in [2.24, 2.45) is 5.92 Å². The molecule has 0 aliphatic heterocycles. The number of hydrogen-bond donors (Lipinski definition) is 1. The number of anilines is 1. The van der Waals surface area contributed by atoms with Gasteiger partial charge in [0.05, 0.1) is 0 Å². The molecule has 0 bridgehead atoms. The molecule has 3 nitrogen and oxygen atoms in total. The van der Waals surface area contributed by atoms with E-state index in [9.17, 15) is 0 Å². The van der Waals surface area contributed by atoms with E-state index in [1.165, 1.54) is 37.1 Å². The molecule has 0 unspecified atom stereocenters. The molecular formula is C17H29N3. The topological polar surface area (TPSA) is 28.2 Å². The molecule has 1 aromatic heterocycles. The van der Waals surface area contributed by atoms with Gasteiger partial charge in [0.25, 0.3) is 0 Å². The van der Waals surface area contributed by atoms with Crippen LogP contribution >= 0.6 is 0 Å². The molecule has 1 saturated carbocycles. The third-order valence-electron chi connectivity index (χ3n) is 4.17. The highest BCUT2D eigenvalue weighted by Gasteiger charge is 2.24. The van der Waals surface area contributed by atoms with Crippen molar-refractivity contribution >= 4 is 5.82 Å². The van der Waals surface area contributed by atoms with Gasteiger partial charge in [0.2, 0.25) is 0 Å². The maximum Gasteiger partial charge on any atom is 0.129 e. The minimum absolute atomic E-state index is 0.676. The average molecular weight is 275 g/mol. The average Bonchev–Trinajstić information content (AvgIpc) is 2.92. The van der Waals surface area contributed by atoms with E-state index in [0.717, 1.165) is 18.8 Å². The van der Waals surface area contributed by atoms with Gasteiger partial charge in [-0.3, -0.25) is 0 Å². The second-order valence-electron chi connectivity index (χ2n) is 6.43. The maximum absolute atomic E-state index is 4.88. The first-order valence-electron chi connectivity index (χ1n) is 7.99. The summed E-state index contributed by atoms with van der Waals surface area (Å²) in [6.07, 6.45) is 5.39. The number of aryl methyl sites for hydroxylation is 1. The van der Waals surface area contributed by atoms with E-state index in [4.69, 9.17) is 4.98 Å². The predicted octanol–water partition coefficient (Wildman–Crippen LogP) is 3.51. The van der Waals surface area contributed by atoms with Crippen LogP contribution in [0.1, 0.15) is 50.8 Å². The lowest BCUT2D eigenvalue weighted by Crippen LogP contribution is -2.37. The Kier molecular flexibility index (Phi) is 5.41. The van der Waals surface area contributed by atoms with Crippen LogP contribution in [0, 0.1) is 12.8 Å². The molecule has 1 aliphatic rings. The van der Waals surface area contributed by atoms with Gasteiger partial charge in [0.15, 0.2) is 0 Å². The van der Waals surface area contributed by atoms with Crippen molar-refractivity contribution in [1.82, 2.24) is 10.3 Å². The van der Waals surface area contributed by atoms with E-state index < -0.39 is 0 Å². The first kappa shape index (κ1) is 15.3. The number of rotatable bonds is 6. The fraction of sp³-hybridized carbons (Fsp3) is 0.706. The highest BCUT2D eigenvalue weighted by Crippen LogP contribution is 2.28. The number of pyridine rings is 1. The van der Waals surface area contributed by atoms with Crippen LogP contribution in [0.5, 0.6) is 0 Å².